The van der Waals surface area contributed by atoms with Gasteiger partial charge in [-0.05, 0) is 136 Å². The van der Waals surface area contributed by atoms with E-state index in [2.05, 4.69) is 457 Å². The van der Waals surface area contributed by atoms with Crippen molar-refractivity contribution >= 4 is 53.5 Å². The van der Waals surface area contributed by atoms with Crippen molar-refractivity contribution in [1.82, 2.24) is 44.9 Å². The average molecular weight is 1580 g/mol. The van der Waals surface area contributed by atoms with Crippen LogP contribution in [0.1, 0.15) is 191 Å². The van der Waals surface area contributed by atoms with Gasteiger partial charge in [-0.25, -0.2) is 44.9 Å². The van der Waals surface area contributed by atoms with Crippen molar-refractivity contribution in [3.8, 4) is 102 Å². The molecule has 10 nitrogen and oxygen atoms in total. The van der Waals surface area contributed by atoms with Gasteiger partial charge >= 0.3 is 0 Å². The SMILES string of the molecule is CC(C)(C)c1ccc(-c2nc(-c3ccc(/C=C/c4ccc(N(c5ccc(/C=C/c6ccc(-c7nc(-c8ccc(C(C)(C)C)cc8)nc(-c8ccc(C(C)(C)C)cc8)n7)cc6)cc5)c5ccc(/C=C/c6ccc(-c7nc(-c8ccc(C(C)(C)C)cc8)nc(-c8ccc(C(C)(C)C)cc8)n7)cc6)cc5)cc4)cc3)nc(-c3ccc(C(C)(C)C)cc3)n2)cc1. The number of nitrogens with zero attached hydrogens (tertiary/aromatic N) is 10. The second-order valence-corrected chi connectivity index (χ2v) is 37.9. The van der Waals surface area contributed by atoms with Crippen molar-refractivity contribution in [2.24, 2.45) is 0 Å². The van der Waals surface area contributed by atoms with Gasteiger partial charge < -0.3 is 4.90 Å². The normalized spacial score (nSPS) is 12.4. The van der Waals surface area contributed by atoms with E-state index in [0.717, 1.165) is 101 Å². The Labute approximate surface area is 716 Å². The van der Waals surface area contributed by atoms with Crippen LogP contribution in [0.3, 0.4) is 0 Å². The summed E-state index contributed by atoms with van der Waals surface area (Å²) in [6, 6.07) is 103. The van der Waals surface area contributed by atoms with Crippen molar-refractivity contribution in [2.45, 2.75) is 157 Å². The number of rotatable bonds is 18. The first-order chi connectivity index (χ1) is 57.6. The summed E-state index contributed by atoms with van der Waals surface area (Å²) in [5.74, 6) is 5.68. The molecule has 0 amide bonds. The Morgan fingerprint density at radius 1 is 0.149 bits per heavy atom. The summed E-state index contributed by atoms with van der Waals surface area (Å²) in [4.78, 5) is 48.1. The largest absolute Gasteiger partial charge is 0.311 e. The molecule has 0 saturated carbocycles. The van der Waals surface area contributed by atoms with Gasteiger partial charge in [-0.15, -0.1) is 0 Å². The minimum absolute atomic E-state index is 0.0177. The maximum atomic E-state index is 5.10. The number of hydrogen-bond acceptors (Lipinski definition) is 10. The predicted molar refractivity (Wildman–Crippen MR) is 509 cm³/mol. The zero-order valence-corrected chi connectivity index (χ0v) is 73.1. The zero-order valence-electron chi connectivity index (χ0n) is 73.1. The molecule has 121 heavy (non-hydrogen) atoms. The Bertz CT molecular complexity index is 5380. The van der Waals surface area contributed by atoms with E-state index >= 15 is 0 Å². The highest BCUT2D eigenvalue weighted by Gasteiger charge is 2.24. The third-order valence-electron chi connectivity index (χ3n) is 22.3. The Balaban J connectivity index is 0.697. The summed E-state index contributed by atoms with van der Waals surface area (Å²) in [5, 5.41) is 0. The molecule has 0 bridgehead atoms. The van der Waals surface area contributed by atoms with Crippen molar-refractivity contribution < 1.29 is 0 Å². The maximum Gasteiger partial charge on any atom is 0.164 e. The molecule has 0 N–H and O–H groups in total. The summed E-state index contributed by atoms with van der Waals surface area (Å²) in [7, 11) is 0. The van der Waals surface area contributed by atoms with Crippen LogP contribution in [-0.4, -0.2) is 44.9 Å². The molecule has 15 rings (SSSR count). The van der Waals surface area contributed by atoms with E-state index in [4.69, 9.17) is 44.9 Å². The van der Waals surface area contributed by atoms with Gasteiger partial charge in [0.25, 0.3) is 0 Å². The van der Waals surface area contributed by atoms with E-state index in [-0.39, 0.29) is 32.5 Å². The molecule has 10 heteroatoms. The van der Waals surface area contributed by atoms with Crippen molar-refractivity contribution in [3.63, 3.8) is 0 Å². The van der Waals surface area contributed by atoms with Gasteiger partial charge in [-0.3, -0.25) is 0 Å². The molecule has 0 saturated heterocycles. The van der Waals surface area contributed by atoms with Gasteiger partial charge in [-0.2, -0.15) is 0 Å². The molecule has 0 unspecified atom stereocenters. The van der Waals surface area contributed by atoms with Gasteiger partial charge in [0.2, 0.25) is 0 Å². The first-order valence-electron chi connectivity index (χ1n) is 42.0. The van der Waals surface area contributed by atoms with Crippen LogP contribution in [0, 0.1) is 0 Å². The molecule has 0 aliphatic rings. The summed E-state index contributed by atoms with van der Waals surface area (Å²) < 4.78 is 0. The molecule has 0 fully saturated rings. The molecule has 0 aliphatic heterocycles. The van der Waals surface area contributed by atoms with Crippen LogP contribution in [0.4, 0.5) is 17.1 Å². The quantitative estimate of drug-likeness (QED) is 0.0768. The first-order valence-corrected chi connectivity index (χ1v) is 42.0. The minimum Gasteiger partial charge on any atom is -0.311 e. The molecule has 0 radical (unpaired) electrons. The number of hydrogen-bond donors (Lipinski definition) is 0. The van der Waals surface area contributed by atoms with Crippen molar-refractivity contribution in [1.29, 1.82) is 0 Å². The average Bonchev–Trinajstić information content (AvgIpc) is 0.798. The van der Waals surface area contributed by atoms with E-state index in [0.29, 0.717) is 52.4 Å². The lowest BCUT2D eigenvalue weighted by Crippen LogP contribution is -2.11. The molecular formula is C111H108N10. The van der Waals surface area contributed by atoms with E-state index in [9.17, 15) is 0 Å². The number of benzene rings is 12. The fourth-order valence-electron chi connectivity index (χ4n) is 14.5. The second kappa shape index (κ2) is 33.8. The fraction of sp³-hybridized carbons (Fsp3) is 0.216. The summed E-state index contributed by atoms with van der Waals surface area (Å²) >= 11 is 0. The Morgan fingerprint density at radius 2 is 0.256 bits per heavy atom. The molecular weight excluding hydrogens is 1470 g/mol. The number of anilines is 3. The molecule has 0 atom stereocenters. The van der Waals surface area contributed by atoms with E-state index < -0.39 is 0 Å². The lowest BCUT2D eigenvalue weighted by molar-refractivity contribution is 0.590. The van der Waals surface area contributed by atoms with Crippen LogP contribution in [-0.2, 0) is 32.5 Å². The van der Waals surface area contributed by atoms with Crippen LogP contribution >= 0.6 is 0 Å². The predicted octanol–water partition coefficient (Wildman–Crippen LogP) is 29.0. The summed E-state index contributed by atoms with van der Waals surface area (Å²) in [6.45, 7) is 40.1. The Morgan fingerprint density at radius 3 is 0.372 bits per heavy atom. The van der Waals surface area contributed by atoms with Crippen LogP contribution in [0.25, 0.3) is 139 Å². The van der Waals surface area contributed by atoms with Gasteiger partial charge in [-0.1, -0.05) is 416 Å². The standard InChI is InChI=1S/C111H108N10/c1-106(2,3)88-55-43-82(44-56-88)100-112-97(113-101(118-100)83-45-57-89(58-46-83)107(4,5)6)79-37-25-73(26-38-79)19-22-76-31-67-94(68-32-76)121(95-69-33-77(34-70-95)23-20-74-27-39-80(40-28-74)98-114-102(84-47-59-90(60-48-84)108(7,8)9)119-103(115-98)85-49-61-91(62-50-85)109(10,11)12)96-71-35-78(36-72-96)24-21-75-29-41-81(42-30-75)99-116-104(86-51-63-92(64-52-86)110(13,14)15)120-105(117-99)87-53-65-93(66-54-87)111(16,17)18/h19-72H,1-18H3/b22-19+,23-20+,24-21+. The summed E-state index contributed by atoms with van der Waals surface area (Å²) in [6.07, 6.45) is 12.9. The fourth-order valence-corrected chi connectivity index (χ4v) is 14.5. The van der Waals surface area contributed by atoms with E-state index in [1.807, 2.05) is 0 Å². The van der Waals surface area contributed by atoms with Gasteiger partial charge in [0.1, 0.15) is 0 Å². The lowest BCUT2D eigenvalue weighted by Gasteiger charge is -2.26. The van der Waals surface area contributed by atoms with E-state index in [1.54, 1.807) is 0 Å². The van der Waals surface area contributed by atoms with E-state index in [1.165, 1.54) is 33.4 Å². The van der Waals surface area contributed by atoms with Crippen molar-refractivity contribution in [2.75, 3.05) is 4.90 Å². The Hall–Kier alpha value is -13.3. The molecule has 15 aromatic rings. The molecule has 12 aromatic carbocycles. The van der Waals surface area contributed by atoms with Crippen LogP contribution < -0.4 is 4.90 Å². The molecule has 3 aromatic heterocycles. The van der Waals surface area contributed by atoms with Gasteiger partial charge in [0, 0.05) is 67.1 Å². The highest BCUT2D eigenvalue weighted by molar-refractivity contribution is 5.82. The zero-order chi connectivity index (χ0) is 85.2. The van der Waals surface area contributed by atoms with Crippen LogP contribution in [0.2, 0.25) is 0 Å². The lowest BCUT2D eigenvalue weighted by atomic mass is 9.86. The summed E-state index contributed by atoms with van der Waals surface area (Å²) in [5.41, 5.74) is 25.4. The number of aromatic nitrogens is 9. The highest BCUT2D eigenvalue weighted by Crippen LogP contribution is 2.39. The third-order valence-corrected chi connectivity index (χ3v) is 22.3. The Kier molecular flexibility index (Phi) is 23.1. The highest BCUT2D eigenvalue weighted by atomic mass is 15.1. The molecule has 602 valence electrons. The molecule has 3 heterocycles. The van der Waals surface area contributed by atoms with Crippen molar-refractivity contribution in [3.05, 3.63) is 358 Å². The van der Waals surface area contributed by atoms with Gasteiger partial charge in [0.05, 0.1) is 0 Å². The maximum absolute atomic E-state index is 5.10. The van der Waals surface area contributed by atoms with Crippen LogP contribution in [0.15, 0.2) is 291 Å². The molecule has 0 aliphatic carbocycles. The topological polar surface area (TPSA) is 119 Å². The first kappa shape index (κ1) is 82.8. The van der Waals surface area contributed by atoms with Crippen LogP contribution in [0.5, 0.6) is 0 Å². The minimum atomic E-state index is 0.0177. The second-order valence-electron chi connectivity index (χ2n) is 37.9. The van der Waals surface area contributed by atoms with Gasteiger partial charge in [0.15, 0.2) is 52.4 Å². The smallest absolute Gasteiger partial charge is 0.164 e. The monoisotopic (exact) mass is 1580 g/mol. The third kappa shape index (κ3) is 20.0. The molecule has 0 spiro atoms.